The molecule has 1 atom stereocenters. The van der Waals surface area contributed by atoms with E-state index in [1.54, 1.807) is 12.1 Å². The van der Waals surface area contributed by atoms with Crippen molar-refractivity contribution in [1.82, 2.24) is 9.97 Å². The second-order valence-electron chi connectivity index (χ2n) is 8.88. The Morgan fingerprint density at radius 1 is 1.05 bits per heavy atom. The maximum absolute atomic E-state index is 13.5. The average molecular weight is 535 g/mol. The zero-order chi connectivity index (χ0) is 26.0. The van der Waals surface area contributed by atoms with Gasteiger partial charge >= 0.3 is 6.18 Å². The average Bonchev–Trinajstić information content (AvgIpc) is 2.89. The highest BCUT2D eigenvalue weighted by molar-refractivity contribution is 7.92. The molecule has 0 radical (unpaired) electrons. The lowest BCUT2D eigenvalue weighted by atomic mass is 9.86. The molecular formula is C25H25F3N4O4S. The number of benzene rings is 2. The van der Waals surface area contributed by atoms with Gasteiger partial charge in [-0.3, -0.25) is 4.72 Å². The second kappa shape index (κ2) is 10.2. The molecular weight excluding hydrogens is 509 g/mol. The fraction of sp³-hybridized carbons (Fsp3) is 0.360. The van der Waals surface area contributed by atoms with Crippen LogP contribution in [0.1, 0.15) is 29.0 Å². The first-order valence-electron chi connectivity index (χ1n) is 11.8. The standard InChI is InChI=1S/C25H25F3N4O4S/c26-25(27,28)19-2-1-18(22(14-19)32-8-11-35-12-9-32)13-17-6-10-36-23-15-20(3-4-21(17)23)37(33,34)31-24-5-7-29-16-30-24/h1-5,7,14-17H,6,8-13H2,(H,29,30,31)/t17-/m1/s1. The summed E-state index contributed by atoms with van der Waals surface area (Å²) in [4.78, 5) is 9.61. The summed E-state index contributed by atoms with van der Waals surface area (Å²) in [5, 5.41) is 0. The van der Waals surface area contributed by atoms with Gasteiger partial charge in [0.1, 0.15) is 17.9 Å². The number of ether oxygens (including phenoxy) is 2. The zero-order valence-corrected chi connectivity index (χ0v) is 20.6. The summed E-state index contributed by atoms with van der Waals surface area (Å²) in [6.45, 7) is 2.30. The van der Waals surface area contributed by atoms with Gasteiger partial charge in [0.05, 0.1) is 30.3 Å². The molecule has 2 aromatic carbocycles. The summed E-state index contributed by atoms with van der Waals surface area (Å²) < 4.78 is 79.7. The number of alkyl halides is 3. The topological polar surface area (TPSA) is 93.7 Å². The van der Waals surface area contributed by atoms with Crippen LogP contribution in [0.25, 0.3) is 0 Å². The third kappa shape index (κ3) is 5.64. The lowest BCUT2D eigenvalue weighted by molar-refractivity contribution is -0.137. The van der Waals surface area contributed by atoms with Gasteiger partial charge in [0.2, 0.25) is 0 Å². The van der Waals surface area contributed by atoms with Crippen molar-refractivity contribution in [3.05, 3.63) is 71.7 Å². The van der Waals surface area contributed by atoms with E-state index in [1.807, 2.05) is 4.90 Å². The number of anilines is 2. The van der Waals surface area contributed by atoms with Crippen molar-refractivity contribution in [2.45, 2.75) is 29.8 Å². The van der Waals surface area contributed by atoms with Gasteiger partial charge in [-0.2, -0.15) is 13.2 Å². The fourth-order valence-electron chi connectivity index (χ4n) is 4.65. The summed E-state index contributed by atoms with van der Waals surface area (Å²) in [7, 11) is -3.91. The van der Waals surface area contributed by atoms with Gasteiger partial charge in [-0.25, -0.2) is 18.4 Å². The third-order valence-electron chi connectivity index (χ3n) is 6.51. The largest absolute Gasteiger partial charge is 0.493 e. The predicted octanol–water partition coefficient (Wildman–Crippen LogP) is 4.24. The number of morpholine rings is 1. The molecule has 1 fully saturated rings. The summed E-state index contributed by atoms with van der Waals surface area (Å²) in [6, 6.07) is 10.0. The molecule has 8 nitrogen and oxygen atoms in total. The Kier molecular flexibility index (Phi) is 6.95. The van der Waals surface area contributed by atoms with Gasteiger partial charge < -0.3 is 14.4 Å². The molecule has 0 amide bonds. The Labute approximate surface area is 212 Å². The van der Waals surface area contributed by atoms with Crippen molar-refractivity contribution in [3.8, 4) is 5.75 Å². The molecule has 3 heterocycles. The summed E-state index contributed by atoms with van der Waals surface area (Å²) in [6.07, 6.45) is -0.621. The van der Waals surface area contributed by atoms with Crippen LogP contribution < -0.4 is 14.4 Å². The van der Waals surface area contributed by atoms with Crippen LogP contribution >= 0.6 is 0 Å². The molecule has 1 aromatic heterocycles. The number of fused-ring (bicyclic) bond motifs is 1. The first kappa shape index (κ1) is 25.3. The molecule has 12 heteroatoms. The molecule has 0 bridgehead atoms. The molecule has 5 rings (SSSR count). The normalized spacial score (nSPS) is 18.1. The van der Waals surface area contributed by atoms with E-state index >= 15 is 0 Å². The van der Waals surface area contributed by atoms with Crippen molar-refractivity contribution in [2.75, 3.05) is 42.5 Å². The predicted molar refractivity (Wildman–Crippen MR) is 130 cm³/mol. The van der Waals surface area contributed by atoms with Crippen molar-refractivity contribution >= 4 is 21.5 Å². The van der Waals surface area contributed by atoms with Gasteiger partial charge in [0, 0.05) is 31.0 Å². The SMILES string of the molecule is O=S(=O)(Nc1ccncn1)c1ccc2c(c1)OCC[C@@H]2Cc1ccc(C(F)(F)F)cc1N1CCOCC1. The zero-order valence-electron chi connectivity index (χ0n) is 19.7. The van der Waals surface area contributed by atoms with E-state index < -0.39 is 21.8 Å². The highest BCUT2D eigenvalue weighted by Gasteiger charge is 2.33. The van der Waals surface area contributed by atoms with Crippen LogP contribution in [0.2, 0.25) is 0 Å². The van der Waals surface area contributed by atoms with Gasteiger partial charge in [-0.15, -0.1) is 0 Å². The minimum atomic E-state index is -4.44. The molecule has 0 aliphatic carbocycles. The van der Waals surface area contributed by atoms with E-state index in [4.69, 9.17) is 9.47 Å². The number of hydrogen-bond donors (Lipinski definition) is 1. The van der Waals surface area contributed by atoms with Crippen LogP contribution in [-0.2, 0) is 27.4 Å². The Morgan fingerprint density at radius 3 is 2.59 bits per heavy atom. The van der Waals surface area contributed by atoms with E-state index in [2.05, 4.69) is 14.7 Å². The van der Waals surface area contributed by atoms with Crippen molar-refractivity contribution in [3.63, 3.8) is 0 Å². The van der Waals surface area contributed by atoms with Gasteiger partial charge in [0.15, 0.2) is 0 Å². The van der Waals surface area contributed by atoms with E-state index in [0.717, 1.165) is 17.2 Å². The van der Waals surface area contributed by atoms with Crippen LogP contribution in [0, 0.1) is 0 Å². The third-order valence-corrected chi connectivity index (χ3v) is 7.86. The molecule has 37 heavy (non-hydrogen) atoms. The minimum absolute atomic E-state index is 0.0223. The molecule has 1 saturated heterocycles. The quantitative estimate of drug-likeness (QED) is 0.506. The van der Waals surface area contributed by atoms with Gasteiger partial charge in [0.25, 0.3) is 10.0 Å². The lowest BCUT2D eigenvalue weighted by Crippen LogP contribution is -2.37. The number of nitrogens with zero attached hydrogens (tertiary/aromatic N) is 3. The van der Waals surface area contributed by atoms with Crippen LogP contribution in [0.15, 0.2) is 59.9 Å². The summed E-state index contributed by atoms with van der Waals surface area (Å²) in [5.74, 6) is 0.540. The Balaban J connectivity index is 1.43. The van der Waals surface area contributed by atoms with Crippen molar-refractivity contribution < 1.29 is 31.1 Å². The molecule has 196 valence electrons. The van der Waals surface area contributed by atoms with Gasteiger partial charge in [-0.1, -0.05) is 12.1 Å². The lowest BCUT2D eigenvalue weighted by Gasteiger charge is -2.33. The molecule has 0 spiro atoms. The Morgan fingerprint density at radius 2 is 1.86 bits per heavy atom. The first-order chi connectivity index (χ1) is 17.7. The fourth-order valence-corrected chi connectivity index (χ4v) is 5.67. The number of sulfonamides is 1. The molecule has 2 aliphatic heterocycles. The number of nitrogens with one attached hydrogen (secondary N) is 1. The Hall–Kier alpha value is -3.38. The first-order valence-corrected chi connectivity index (χ1v) is 13.3. The van der Waals surface area contributed by atoms with Crippen LogP contribution in [-0.4, -0.2) is 51.3 Å². The van der Waals surface area contributed by atoms with E-state index in [0.29, 0.717) is 57.2 Å². The number of hydrogen-bond acceptors (Lipinski definition) is 7. The summed E-state index contributed by atoms with van der Waals surface area (Å²) in [5.41, 5.74) is 1.49. The van der Waals surface area contributed by atoms with Crippen molar-refractivity contribution in [1.29, 1.82) is 0 Å². The van der Waals surface area contributed by atoms with Crippen LogP contribution in [0.4, 0.5) is 24.7 Å². The molecule has 1 N–H and O–H groups in total. The van der Waals surface area contributed by atoms with Crippen LogP contribution in [0.3, 0.4) is 0 Å². The van der Waals surface area contributed by atoms with Gasteiger partial charge in [-0.05, 0) is 54.2 Å². The minimum Gasteiger partial charge on any atom is -0.493 e. The second-order valence-corrected chi connectivity index (χ2v) is 10.6. The van der Waals surface area contributed by atoms with E-state index in [-0.39, 0.29) is 16.6 Å². The van der Waals surface area contributed by atoms with E-state index in [9.17, 15) is 21.6 Å². The highest BCUT2D eigenvalue weighted by atomic mass is 32.2. The smallest absolute Gasteiger partial charge is 0.416 e. The van der Waals surface area contributed by atoms with E-state index in [1.165, 1.54) is 36.8 Å². The molecule has 3 aromatic rings. The maximum atomic E-state index is 13.5. The molecule has 0 unspecified atom stereocenters. The monoisotopic (exact) mass is 534 g/mol. The summed E-state index contributed by atoms with van der Waals surface area (Å²) >= 11 is 0. The number of halogens is 3. The van der Waals surface area contributed by atoms with Crippen molar-refractivity contribution in [2.24, 2.45) is 0 Å². The highest BCUT2D eigenvalue weighted by Crippen LogP contribution is 2.40. The number of aromatic nitrogens is 2. The Bertz CT molecular complexity index is 1360. The molecule has 0 saturated carbocycles. The van der Waals surface area contributed by atoms with Crippen LogP contribution in [0.5, 0.6) is 5.75 Å². The number of rotatable bonds is 6. The maximum Gasteiger partial charge on any atom is 0.416 e. The molecule has 2 aliphatic rings.